The Labute approximate surface area is 141 Å². The number of allylic oxidation sites excluding steroid dienone is 3. The molecule has 0 saturated carbocycles. The fourth-order valence-electron chi connectivity index (χ4n) is 3.17. The lowest BCUT2D eigenvalue weighted by atomic mass is 9.77. The van der Waals surface area contributed by atoms with Gasteiger partial charge < -0.3 is 15.2 Å². The number of carbonyl (C=O) groups is 1. The molecule has 2 N–H and O–H groups in total. The molecular weight excluding hydrogens is 304 g/mol. The van der Waals surface area contributed by atoms with E-state index in [0.717, 1.165) is 24.2 Å². The van der Waals surface area contributed by atoms with Gasteiger partial charge in [-0.05, 0) is 30.5 Å². The van der Waals surface area contributed by atoms with Crippen molar-refractivity contribution in [2.45, 2.75) is 38.5 Å². The van der Waals surface area contributed by atoms with Crippen LogP contribution in [0, 0.1) is 11.3 Å². The van der Waals surface area contributed by atoms with E-state index in [0.29, 0.717) is 36.4 Å². The van der Waals surface area contributed by atoms with Crippen molar-refractivity contribution in [1.82, 2.24) is 0 Å². The Hall–Kier alpha value is -2.74. The highest BCUT2D eigenvalue weighted by atomic mass is 16.5. The molecule has 0 radical (unpaired) electrons. The van der Waals surface area contributed by atoms with Crippen LogP contribution in [-0.4, -0.2) is 12.4 Å². The van der Waals surface area contributed by atoms with Crippen molar-refractivity contribution in [3.8, 4) is 11.8 Å². The van der Waals surface area contributed by atoms with Crippen molar-refractivity contribution < 1.29 is 14.3 Å². The molecule has 1 atom stereocenters. The Morgan fingerprint density at radius 2 is 2.08 bits per heavy atom. The van der Waals surface area contributed by atoms with Gasteiger partial charge in [-0.15, -0.1) is 0 Å². The van der Waals surface area contributed by atoms with Gasteiger partial charge in [0.15, 0.2) is 5.78 Å². The fraction of sp³-hybridized carbons (Fsp3) is 0.368. The summed E-state index contributed by atoms with van der Waals surface area (Å²) in [5.74, 6) is 1.06. The van der Waals surface area contributed by atoms with Gasteiger partial charge in [0.25, 0.3) is 0 Å². The van der Waals surface area contributed by atoms with Crippen molar-refractivity contribution in [3.05, 3.63) is 52.6 Å². The van der Waals surface area contributed by atoms with Gasteiger partial charge in [0.05, 0.1) is 12.5 Å². The number of ketones is 1. The van der Waals surface area contributed by atoms with E-state index >= 15 is 0 Å². The second-order valence-electron chi connectivity index (χ2n) is 5.96. The molecule has 0 fully saturated rings. The second-order valence-corrected chi connectivity index (χ2v) is 5.96. The largest absolute Gasteiger partial charge is 0.494 e. The molecule has 1 aromatic rings. The third-order valence-corrected chi connectivity index (χ3v) is 4.29. The molecule has 2 aliphatic rings. The Kier molecular flexibility index (Phi) is 4.57. The van der Waals surface area contributed by atoms with E-state index in [9.17, 15) is 10.1 Å². The van der Waals surface area contributed by atoms with Crippen LogP contribution in [0.5, 0.6) is 5.75 Å². The summed E-state index contributed by atoms with van der Waals surface area (Å²) in [6, 6.07) is 9.61. The molecule has 1 heterocycles. The Morgan fingerprint density at radius 3 is 2.75 bits per heavy atom. The normalized spacial score (nSPS) is 20.3. The van der Waals surface area contributed by atoms with E-state index in [1.807, 2.05) is 31.2 Å². The predicted octanol–water partition coefficient (Wildman–Crippen LogP) is 3.29. The summed E-state index contributed by atoms with van der Waals surface area (Å²) in [7, 11) is 0. The quantitative estimate of drug-likeness (QED) is 0.918. The van der Waals surface area contributed by atoms with Gasteiger partial charge in [0.2, 0.25) is 5.88 Å². The standard InChI is InChI=1S/C19H20N2O3/c1-2-10-23-13-8-6-12(7-9-13)17-14(11-20)19(21)24-16-5-3-4-15(22)18(16)17/h6-9,17H,2-5,10,21H2,1H3/t17-/m1/s1. The van der Waals surface area contributed by atoms with Crippen LogP contribution in [0.4, 0.5) is 0 Å². The van der Waals surface area contributed by atoms with Crippen LogP contribution in [0.15, 0.2) is 47.1 Å². The van der Waals surface area contributed by atoms with Gasteiger partial charge in [-0.25, -0.2) is 0 Å². The lowest BCUT2D eigenvalue weighted by Crippen LogP contribution is -2.27. The summed E-state index contributed by atoms with van der Waals surface area (Å²) in [6.45, 7) is 2.70. The molecule has 1 aromatic carbocycles. The molecule has 5 nitrogen and oxygen atoms in total. The minimum atomic E-state index is -0.452. The number of ether oxygens (including phenoxy) is 2. The smallest absolute Gasteiger partial charge is 0.205 e. The molecule has 3 rings (SSSR count). The summed E-state index contributed by atoms with van der Waals surface area (Å²) in [5.41, 5.74) is 7.66. The zero-order chi connectivity index (χ0) is 17.1. The molecule has 5 heteroatoms. The molecule has 0 spiro atoms. The maximum atomic E-state index is 12.5. The van der Waals surface area contributed by atoms with Crippen molar-refractivity contribution in [3.63, 3.8) is 0 Å². The van der Waals surface area contributed by atoms with Crippen LogP contribution in [-0.2, 0) is 9.53 Å². The van der Waals surface area contributed by atoms with E-state index < -0.39 is 5.92 Å². The molecule has 1 aliphatic carbocycles. The van der Waals surface area contributed by atoms with Crippen molar-refractivity contribution in [2.24, 2.45) is 5.73 Å². The van der Waals surface area contributed by atoms with E-state index in [1.165, 1.54) is 0 Å². The Balaban J connectivity index is 2.01. The topological polar surface area (TPSA) is 85.3 Å². The van der Waals surface area contributed by atoms with Gasteiger partial charge in [0.1, 0.15) is 23.2 Å². The lowest BCUT2D eigenvalue weighted by Gasteiger charge is -2.31. The maximum absolute atomic E-state index is 12.5. The third-order valence-electron chi connectivity index (χ3n) is 4.29. The number of hydrogen-bond donors (Lipinski definition) is 1. The molecule has 124 valence electrons. The molecule has 1 aliphatic heterocycles. The average Bonchev–Trinajstić information content (AvgIpc) is 2.59. The van der Waals surface area contributed by atoms with Crippen molar-refractivity contribution in [1.29, 1.82) is 5.26 Å². The van der Waals surface area contributed by atoms with Crippen LogP contribution < -0.4 is 10.5 Å². The SMILES string of the molecule is CCCOc1ccc([C@@H]2C(C#N)=C(N)OC3=C2C(=O)CCC3)cc1. The highest BCUT2D eigenvalue weighted by Gasteiger charge is 2.37. The van der Waals surface area contributed by atoms with E-state index in [4.69, 9.17) is 15.2 Å². The Bertz CT molecular complexity index is 754. The molecular formula is C19H20N2O3. The summed E-state index contributed by atoms with van der Waals surface area (Å²) in [6.07, 6.45) is 2.84. The zero-order valence-electron chi connectivity index (χ0n) is 13.7. The summed E-state index contributed by atoms with van der Waals surface area (Å²) in [4.78, 5) is 12.5. The summed E-state index contributed by atoms with van der Waals surface area (Å²) in [5, 5.41) is 9.51. The van der Waals surface area contributed by atoms with Gasteiger partial charge in [-0.1, -0.05) is 19.1 Å². The minimum absolute atomic E-state index is 0.0350. The first-order valence-corrected chi connectivity index (χ1v) is 8.22. The first-order valence-electron chi connectivity index (χ1n) is 8.22. The first-order chi connectivity index (χ1) is 11.7. The van der Waals surface area contributed by atoms with Crippen molar-refractivity contribution in [2.75, 3.05) is 6.61 Å². The highest BCUT2D eigenvalue weighted by Crippen LogP contribution is 2.43. The maximum Gasteiger partial charge on any atom is 0.205 e. The highest BCUT2D eigenvalue weighted by molar-refractivity contribution is 5.99. The second kappa shape index (κ2) is 6.79. The Morgan fingerprint density at radius 1 is 1.33 bits per heavy atom. The fourth-order valence-corrected chi connectivity index (χ4v) is 3.17. The molecule has 0 bridgehead atoms. The van der Waals surface area contributed by atoms with Gasteiger partial charge in [0, 0.05) is 18.4 Å². The van der Waals surface area contributed by atoms with E-state index in [-0.39, 0.29) is 11.7 Å². The summed E-state index contributed by atoms with van der Waals surface area (Å²) >= 11 is 0. The zero-order valence-corrected chi connectivity index (χ0v) is 13.7. The molecule has 0 aromatic heterocycles. The lowest BCUT2D eigenvalue weighted by molar-refractivity contribution is -0.116. The number of benzene rings is 1. The molecule has 0 unspecified atom stereocenters. The number of carbonyl (C=O) groups excluding carboxylic acids is 1. The number of Topliss-reactive ketones (excluding diaryl/α,β-unsaturated/α-hetero) is 1. The number of rotatable bonds is 4. The van der Waals surface area contributed by atoms with E-state index in [1.54, 1.807) is 0 Å². The number of nitrogens with zero attached hydrogens (tertiary/aromatic N) is 1. The minimum Gasteiger partial charge on any atom is -0.494 e. The number of nitriles is 1. The average molecular weight is 324 g/mol. The van der Waals surface area contributed by atoms with Crippen LogP contribution >= 0.6 is 0 Å². The monoisotopic (exact) mass is 324 g/mol. The molecule has 24 heavy (non-hydrogen) atoms. The van der Waals surface area contributed by atoms with Crippen LogP contribution in [0.3, 0.4) is 0 Å². The number of hydrogen-bond acceptors (Lipinski definition) is 5. The van der Waals surface area contributed by atoms with Gasteiger partial charge in [-0.3, -0.25) is 4.79 Å². The van der Waals surface area contributed by atoms with Crippen LogP contribution in [0.25, 0.3) is 0 Å². The van der Waals surface area contributed by atoms with Crippen LogP contribution in [0.2, 0.25) is 0 Å². The predicted molar refractivity (Wildman–Crippen MR) is 88.8 cm³/mol. The van der Waals surface area contributed by atoms with Crippen LogP contribution in [0.1, 0.15) is 44.1 Å². The van der Waals surface area contributed by atoms with Gasteiger partial charge >= 0.3 is 0 Å². The number of nitrogens with two attached hydrogens (primary N) is 1. The molecule has 0 amide bonds. The van der Waals surface area contributed by atoms with Gasteiger partial charge in [-0.2, -0.15) is 5.26 Å². The third kappa shape index (κ3) is 2.88. The summed E-state index contributed by atoms with van der Waals surface area (Å²) < 4.78 is 11.2. The van der Waals surface area contributed by atoms with E-state index in [2.05, 4.69) is 6.07 Å². The van der Waals surface area contributed by atoms with Crippen molar-refractivity contribution >= 4 is 5.78 Å². The molecule has 0 saturated heterocycles. The first kappa shape index (κ1) is 16.1.